The van der Waals surface area contributed by atoms with Crippen molar-refractivity contribution in [1.29, 1.82) is 0 Å². The minimum Gasteiger partial charge on any atom is -0.314 e. The molecule has 0 spiro atoms. The largest absolute Gasteiger partial charge is 0.314 e. The van der Waals surface area contributed by atoms with Crippen LogP contribution in [0.4, 0.5) is 8.78 Å². The number of rotatable bonds is 4. The van der Waals surface area contributed by atoms with Crippen LogP contribution >= 0.6 is 0 Å². The highest BCUT2D eigenvalue weighted by Gasteiger charge is 2.36. The van der Waals surface area contributed by atoms with E-state index in [4.69, 9.17) is 0 Å². The van der Waals surface area contributed by atoms with Gasteiger partial charge in [0.15, 0.2) is 0 Å². The minimum absolute atomic E-state index is 0.00816. The first-order valence-electron chi connectivity index (χ1n) is 6.14. The summed E-state index contributed by atoms with van der Waals surface area (Å²) in [6, 6.07) is 1.93. The van der Waals surface area contributed by atoms with Crippen molar-refractivity contribution in [2.24, 2.45) is 5.92 Å². The van der Waals surface area contributed by atoms with Crippen molar-refractivity contribution < 1.29 is 8.78 Å². The van der Waals surface area contributed by atoms with E-state index >= 15 is 0 Å². The molecule has 1 aliphatic rings. The van der Waals surface area contributed by atoms with E-state index in [1.54, 1.807) is 4.68 Å². The van der Waals surface area contributed by atoms with Gasteiger partial charge in [-0.3, -0.25) is 4.68 Å². The molecule has 1 heterocycles. The standard InChI is InChI=1S/C12H19F2N3/c1-15-8-11-4-6-17(16-11)9-10-3-2-5-12(13,14)7-10/h4,6,10,15H,2-3,5,7-9H2,1H3. The van der Waals surface area contributed by atoms with Crippen LogP contribution in [-0.2, 0) is 13.1 Å². The molecule has 96 valence electrons. The van der Waals surface area contributed by atoms with Gasteiger partial charge >= 0.3 is 0 Å². The summed E-state index contributed by atoms with van der Waals surface area (Å²) in [6.07, 6.45) is 3.44. The van der Waals surface area contributed by atoms with E-state index in [2.05, 4.69) is 10.4 Å². The highest BCUT2D eigenvalue weighted by atomic mass is 19.3. The second kappa shape index (κ2) is 5.12. The first kappa shape index (κ1) is 12.5. The van der Waals surface area contributed by atoms with Crippen molar-refractivity contribution in [3.63, 3.8) is 0 Å². The average molecular weight is 243 g/mol. The van der Waals surface area contributed by atoms with Gasteiger partial charge in [-0.05, 0) is 31.9 Å². The average Bonchev–Trinajstić information content (AvgIpc) is 2.64. The Balaban J connectivity index is 1.91. The summed E-state index contributed by atoms with van der Waals surface area (Å²) in [5.41, 5.74) is 0.954. The maximum atomic E-state index is 13.2. The molecule has 0 bridgehead atoms. The lowest BCUT2D eigenvalue weighted by molar-refractivity contribution is -0.0551. The number of nitrogens with zero attached hydrogens (tertiary/aromatic N) is 2. The molecule has 1 unspecified atom stereocenters. The molecule has 1 aromatic rings. The Morgan fingerprint density at radius 2 is 2.41 bits per heavy atom. The SMILES string of the molecule is CNCc1ccn(CC2CCCC(F)(F)C2)n1. The second-order valence-electron chi connectivity index (χ2n) is 4.88. The van der Waals surface area contributed by atoms with Crippen LogP contribution in [0.2, 0.25) is 0 Å². The third-order valence-corrected chi connectivity index (χ3v) is 3.24. The van der Waals surface area contributed by atoms with E-state index < -0.39 is 5.92 Å². The molecule has 0 aromatic carbocycles. The fraction of sp³-hybridized carbons (Fsp3) is 0.750. The van der Waals surface area contributed by atoms with E-state index in [1.165, 1.54) is 0 Å². The lowest BCUT2D eigenvalue weighted by Gasteiger charge is -2.28. The van der Waals surface area contributed by atoms with E-state index in [9.17, 15) is 8.78 Å². The Morgan fingerprint density at radius 3 is 3.12 bits per heavy atom. The quantitative estimate of drug-likeness (QED) is 0.880. The maximum absolute atomic E-state index is 13.2. The van der Waals surface area contributed by atoms with E-state index in [0.29, 0.717) is 19.5 Å². The van der Waals surface area contributed by atoms with Crippen LogP contribution in [0.5, 0.6) is 0 Å². The molecule has 1 N–H and O–H groups in total. The van der Waals surface area contributed by atoms with Crippen molar-refractivity contribution in [3.8, 4) is 0 Å². The lowest BCUT2D eigenvalue weighted by atomic mass is 9.86. The van der Waals surface area contributed by atoms with Crippen LogP contribution in [-0.4, -0.2) is 22.8 Å². The van der Waals surface area contributed by atoms with E-state index in [-0.39, 0.29) is 18.8 Å². The molecule has 1 aliphatic carbocycles. The van der Waals surface area contributed by atoms with Gasteiger partial charge in [-0.2, -0.15) is 5.10 Å². The molecule has 1 atom stereocenters. The zero-order valence-corrected chi connectivity index (χ0v) is 10.1. The molecular formula is C12H19F2N3. The zero-order chi connectivity index (χ0) is 12.3. The number of hydrogen-bond donors (Lipinski definition) is 1. The molecule has 1 saturated carbocycles. The summed E-state index contributed by atoms with van der Waals surface area (Å²) >= 11 is 0. The third kappa shape index (κ3) is 3.49. The first-order valence-corrected chi connectivity index (χ1v) is 6.14. The Labute approximate surface area is 100 Å². The number of halogens is 2. The molecule has 0 radical (unpaired) electrons. The van der Waals surface area contributed by atoms with Gasteiger partial charge in [0.05, 0.1) is 5.69 Å². The van der Waals surface area contributed by atoms with Crippen LogP contribution < -0.4 is 5.32 Å². The van der Waals surface area contributed by atoms with Crippen LogP contribution in [0.1, 0.15) is 31.4 Å². The molecule has 17 heavy (non-hydrogen) atoms. The summed E-state index contributed by atoms with van der Waals surface area (Å²) in [4.78, 5) is 0. The molecule has 1 fully saturated rings. The topological polar surface area (TPSA) is 29.9 Å². The Bertz CT molecular complexity index is 362. The van der Waals surface area contributed by atoms with Gasteiger partial charge in [-0.15, -0.1) is 0 Å². The Morgan fingerprint density at radius 1 is 1.59 bits per heavy atom. The van der Waals surface area contributed by atoms with Gasteiger partial charge in [0.2, 0.25) is 5.92 Å². The molecule has 3 nitrogen and oxygen atoms in total. The molecule has 5 heteroatoms. The third-order valence-electron chi connectivity index (χ3n) is 3.24. The van der Waals surface area contributed by atoms with E-state index in [1.807, 2.05) is 19.3 Å². The van der Waals surface area contributed by atoms with Crippen molar-refractivity contribution >= 4 is 0 Å². The van der Waals surface area contributed by atoms with Crippen molar-refractivity contribution in [3.05, 3.63) is 18.0 Å². The summed E-state index contributed by atoms with van der Waals surface area (Å²) in [5, 5.41) is 7.37. The summed E-state index contributed by atoms with van der Waals surface area (Å²) in [6.45, 7) is 1.33. The Hall–Kier alpha value is -0.970. The van der Waals surface area contributed by atoms with Gasteiger partial charge in [-0.1, -0.05) is 0 Å². The maximum Gasteiger partial charge on any atom is 0.248 e. The van der Waals surface area contributed by atoms with Crippen molar-refractivity contribution in [2.75, 3.05) is 7.05 Å². The van der Waals surface area contributed by atoms with Gasteiger partial charge in [0.25, 0.3) is 0 Å². The number of aromatic nitrogens is 2. The van der Waals surface area contributed by atoms with Gasteiger partial charge in [0.1, 0.15) is 0 Å². The van der Waals surface area contributed by atoms with Crippen LogP contribution in [0, 0.1) is 5.92 Å². The fourth-order valence-electron chi connectivity index (χ4n) is 2.48. The minimum atomic E-state index is -2.47. The predicted molar refractivity (Wildman–Crippen MR) is 61.9 cm³/mol. The van der Waals surface area contributed by atoms with Crippen LogP contribution in [0.3, 0.4) is 0 Å². The Kier molecular flexibility index (Phi) is 3.76. The van der Waals surface area contributed by atoms with E-state index in [0.717, 1.165) is 12.1 Å². The van der Waals surface area contributed by atoms with Crippen LogP contribution in [0.25, 0.3) is 0 Å². The smallest absolute Gasteiger partial charge is 0.248 e. The zero-order valence-electron chi connectivity index (χ0n) is 10.1. The monoisotopic (exact) mass is 243 g/mol. The lowest BCUT2D eigenvalue weighted by Crippen LogP contribution is -2.28. The van der Waals surface area contributed by atoms with Gasteiger partial charge < -0.3 is 5.32 Å². The van der Waals surface area contributed by atoms with Gasteiger partial charge in [-0.25, -0.2) is 8.78 Å². The predicted octanol–water partition coefficient (Wildman–Crippen LogP) is 2.43. The molecule has 0 aliphatic heterocycles. The van der Waals surface area contributed by atoms with Crippen molar-refractivity contribution in [1.82, 2.24) is 15.1 Å². The molecule has 2 rings (SSSR count). The van der Waals surface area contributed by atoms with Crippen molar-refractivity contribution in [2.45, 2.75) is 44.7 Å². The molecule has 0 saturated heterocycles. The summed E-state index contributed by atoms with van der Waals surface area (Å²) in [7, 11) is 1.86. The summed E-state index contributed by atoms with van der Waals surface area (Å²) in [5.74, 6) is -2.41. The normalized spacial score (nSPS) is 23.8. The van der Waals surface area contributed by atoms with Crippen LogP contribution in [0.15, 0.2) is 12.3 Å². The second-order valence-corrected chi connectivity index (χ2v) is 4.88. The van der Waals surface area contributed by atoms with Gasteiger partial charge in [0, 0.05) is 32.1 Å². The first-order chi connectivity index (χ1) is 8.09. The number of hydrogen-bond acceptors (Lipinski definition) is 2. The highest BCUT2D eigenvalue weighted by molar-refractivity contribution is 4.98. The molecule has 1 aromatic heterocycles. The summed E-state index contributed by atoms with van der Waals surface area (Å²) < 4.78 is 28.3. The fourth-order valence-corrected chi connectivity index (χ4v) is 2.48. The number of alkyl halides is 2. The molecule has 0 amide bonds. The molecular weight excluding hydrogens is 224 g/mol. The number of nitrogens with one attached hydrogen (secondary N) is 1. The highest BCUT2D eigenvalue weighted by Crippen LogP contribution is 2.37.